The van der Waals surface area contributed by atoms with Gasteiger partial charge in [-0.25, -0.2) is 0 Å². The highest BCUT2D eigenvalue weighted by Gasteiger charge is 2.21. The smallest absolute Gasteiger partial charge is 0.103 e. The Morgan fingerprint density at radius 1 is 1.26 bits per heavy atom. The van der Waals surface area contributed by atoms with E-state index in [-0.39, 0.29) is 0 Å². The van der Waals surface area contributed by atoms with Crippen LogP contribution in [0.4, 0.5) is 5.69 Å². The Morgan fingerprint density at radius 3 is 2.89 bits per heavy atom. The number of rotatable bonds is 2. The van der Waals surface area contributed by atoms with E-state index in [9.17, 15) is 0 Å². The Labute approximate surface area is 113 Å². The molecule has 0 amide bonds. The van der Waals surface area contributed by atoms with Crippen LogP contribution in [-0.4, -0.2) is 4.98 Å². The topological polar surface area (TPSA) is 39.9 Å². The standard InChI is InChI=1S/C16H15N3/c1-2-12-3-4-13-10-19(11-14(13)7-12)16-5-6-18-9-15(16)8-17/h3-7,9H,2,10-11H2,1H3. The lowest BCUT2D eigenvalue weighted by Crippen LogP contribution is -2.15. The van der Waals surface area contributed by atoms with Crippen molar-refractivity contribution in [1.82, 2.24) is 4.98 Å². The second-order valence-electron chi connectivity index (χ2n) is 4.82. The summed E-state index contributed by atoms with van der Waals surface area (Å²) in [5.74, 6) is 0. The number of benzene rings is 1. The van der Waals surface area contributed by atoms with Crippen molar-refractivity contribution in [1.29, 1.82) is 5.26 Å². The van der Waals surface area contributed by atoms with Crippen molar-refractivity contribution in [3.05, 3.63) is 58.9 Å². The molecule has 19 heavy (non-hydrogen) atoms. The van der Waals surface area contributed by atoms with Gasteiger partial charge in [0, 0.05) is 25.5 Å². The minimum atomic E-state index is 0.644. The van der Waals surface area contributed by atoms with Crippen molar-refractivity contribution in [2.24, 2.45) is 0 Å². The second kappa shape index (κ2) is 4.74. The lowest BCUT2D eigenvalue weighted by atomic mass is 10.1. The maximum absolute atomic E-state index is 9.16. The molecule has 2 heterocycles. The molecule has 1 aromatic heterocycles. The van der Waals surface area contributed by atoms with Crippen molar-refractivity contribution in [3.63, 3.8) is 0 Å². The summed E-state index contributed by atoms with van der Waals surface area (Å²) in [5, 5.41) is 9.16. The van der Waals surface area contributed by atoms with Crippen LogP contribution in [0.1, 0.15) is 29.2 Å². The predicted octanol–water partition coefficient (Wildman–Crippen LogP) is 3.04. The molecule has 0 bridgehead atoms. The van der Waals surface area contributed by atoms with Crippen molar-refractivity contribution in [2.75, 3.05) is 4.90 Å². The zero-order chi connectivity index (χ0) is 13.2. The van der Waals surface area contributed by atoms with Gasteiger partial charge in [0.15, 0.2) is 0 Å². The number of pyridine rings is 1. The summed E-state index contributed by atoms with van der Waals surface area (Å²) < 4.78 is 0. The highest BCUT2D eigenvalue weighted by molar-refractivity contribution is 5.60. The Hall–Kier alpha value is -2.34. The summed E-state index contributed by atoms with van der Waals surface area (Å²) in [6, 6.07) is 10.8. The van der Waals surface area contributed by atoms with E-state index in [2.05, 4.69) is 41.1 Å². The number of hydrogen-bond acceptors (Lipinski definition) is 3. The Bertz CT molecular complexity index is 655. The van der Waals surface area contributed by atoms with Crippen molar-refractivity contribution in [3.8, 4) is 6.07 Å². The van der Waals surface area contributed by atoms with E-state index < -0.39 is 0 Å². The Kier molecular flexibility index (Phi) is 2.92. The molecule has 0 spiro atoms. The summed E-state index contributed by atoms with van der Waals surface area (Å²) in [6.07, 6.45) is 4.44. The van der Waals surface area contributed by atoms with E-state index in [0.29, 0.717) is 5.56 Å². The highest BCUT2D eigenvalue weighted by Crippen LogP contribution is 2.30. The van der Waals surface area contributed by atoms with Crippen LogP contribution in [0.3, 0.4) is 0 Å². The third kappa shape index (κ3) is 2.06. The Morgan fingerprint density at radius 2 is 2.11 bits per heavy atom. The molecule has 0 saturated heterocycles. The van der Waals surface area contributed by atoms with Gasteiger partial charge >= 0.3 is 0 Å². The normalized spacial score (nSPS) is 13.2. The van der Waals surface area contributed by atoms with Gasteiger partial charge in [-0.15, -0.1) is 0 Å². The number of anilines is 1. The average molecular weight is 249 g/mol. The first-order valence-corrected chi connectivity index (χ1v) is 6.51. The third-order valence-corrected chi connectivity index (χ3v) is 3.66. The first-order chi connectivity index (χ1) is 9.31. The number of hydrogen-bond donors (Lipinski definition) is 0. The van der Waals surface area contributed by atoms with Gasteiger partial charge in [0.25, 0.3) is 0 Å². The highest BCUT2D eigenvalue weighted by atomic mass is 15.1. The van der Waals surface area contributed by atoms with Crippen LogP contribution in [0.2, 0.25) is 0 Å². The average Bonchev–Trinajstić information content (AvgIpc) is 2.89. The van der Waals surface area contributed by atoms with Gasteiger partial charge in [-0.1, -0.05) is 25.1 Å². The van der Waals surface area contributed by atoms with Gasteiger partial charge in [-0.05, 0) is 29.2 Å². The molecule has 0 atom stereocenters. The molecule has 94 valence electrons. The molecule has 1 aliphatic heterocycles. The van der Waals surface area contributed by atoms with Crippen molar-refractivity contribution in [2.45, 2.75) is 26.4 Å². The summed E-state index contributed by atoms with van der Waals surface area (Å²) in [4.78, 5) is 6.26. The fraction of sp³-hybridized carbons (Fsp3) is 0.250. The van der Waals surface area contributed by atoms with Gasteiger partial charge in [0.1, 0.15) is 6.07 Å². The van der Waals surface area contributed by atoms with Gasteiger partial charge < -0.3 is 4.90 Å². The van der Waals surface area contributed by atoms with E-state index in [1.165, 1.54) is 16.7 Å². The quantitative estimate of drug-likeness (QED) is 0.821. The number of aromatic nitrogens is 1. The fourth-order valence-corrected chi connectivity index (χ4v) is 2.59. The second-order valence-corrected chi connectivity index (χ2v) is 4.82. The fourth-order valence-electron chi connectivity index (χ4n) is 2.59. The SMILES string of the molecule is CCc1ccc2c(c1)CN(c1ccncc1C#N)C2. The molecule has 3 nitrogen and oxygen atoms in total. The van der Waals surface area contributed by atoms with Crippen LogP contribution >= 0.6 is 0 Å². The van der Waals surface area contributed by atoms with Gasteiger partial charge in [-0.2, -0.15) is 5.26 Å². The largest absolute Gasteiger partial charge is 0.362 e. The molecule has 1 aromatic carbocycles. The maximum atomic E-state index is 9.16. The number of fused-ring (bicyclic) bond motifs is 1. The Balaban J connectivity index is 1.93. The summed E-state index contributed by atoms with van der Waals surface area (Å²) in [7, 11) is 0. The summed E-state index contributed by atoms with van der Waals surface area (Å²) >= 11 is 0. The van der Waals surface area contributed by atoms with Gasteiger partial charge in [0.2, 0.25) is 0 Å². The lowest BCUT2D eigenvalue weighted by Gasteiger charge is -2.18. The molecule has 0 N–H and O–H groups in total. The zero-order valence-corrected chi connectivity index (χ0v) is 10.9. The van der Waals surface area contributed by atoms with E-state index in [4.69, 9.17) is 5.26 Å². The van der Waals surface area contributed by atoms with E-state index in [1.54, 1.807) is 12.4 Å². The minimum Gasteiger partial charge on any atom is -0.362 e. The first-order valence-electron chi connectivity index (χ1n) is 6.51. The zero-order valence-electron chi connectivity index (χ0n) is 10.9. The number of aryl methyl sites for hydroxylation is 1. The molecule has 1 aliphatic rings. The molecule has 0 radical (unpaired) electrons. The summed E-state index contributed by atoms with van der Waals surface area (Å²) in [6.45, 7) is 3.92. The van der Waals surface area contributed by atoms with Crippen molar-refractivity contribution < 1.29 is 0 Å². The molecule has 3 heteroatoms. The van der Waals surface area contributed by atoms with Crippen molar-refractivity contribution >= 4 is 5.69 Å². The molecule has 0 aliphatic carbocycles. The van der Waals surface area contributed by atoms with E-state index >= 15 is 0 Å². The lowest BCUT2D eigenvalue weighted by molar-refractivity contribution is 0.876. The first kappa shape index (κ1) is 11.7. The van der Waals surface area contributed by atoms with Gasteiger partial charge in [-0.3, -0.25) is 4.98 Å². The molecule has 0 fully saturated rings. The molecular weight excluding hydrogens is 234 g/mol. The van der Waals surface area contributed by atoms with Crippen LogP contribution in [0.15, 0.2) is 36.7 Å². The van der Waals surface area contributed by atoms with Crippen LogP contribution in [0, 0.1) is 11.3 Å². The molecule has 2 aromatic rings. The third-order valence-electron chi connectivity index (χ3n) is 3.66. The van der Waals surface area contributed by atoms with Crippen LogP contribution in [-0.2, 0) is 19.5 Å². The van der Waals surface area contributed by atoms with Gasteiger partial charge in [0.05, 0.1) is 11.3 Å². The van der Waals surface area contributed by atoms with Crippen LogP contribution in [0.25, 0.3) is 0 Å². The van der Waals surface area contributed by atoms with E-state index in [1.807, 2.05) is 6.07 Å². The van der Waals surface area contributed by atoms with E-state index in [0.717, 1.165) is 25.2 Å². The monoisotopic (exact) mass is 249 g/mol. The number of nitrogens with zero attached hydrogens (tertiary/aromatic N) is 3. The molecule has 0 saturated carbocycles. The van der Waals surface area contributed by atoms with Crippen LogP contribution in [0.5, 0.6) is 0 Å². The molecular formula is C16H15N3. The molecule has 0 unspecified atom stereocenters. The van der Waals surface area contributed by atoms with Crippen LogP contribution < -0.4 is 4.90 Å². The number of nitriles is 1. The minimum absolute atomic E-state index is 0.644. The maximum Gasteiger partial charge on any atom is 0.103 e. The predicted molar refractivity (Wildman–Crippen MR) is 74.7 cm³/mol. The molecule has 3 rings (SSSR count). The summed E-state index contributed by atoms with van der Waals surface area (Å²) in [5.41, 5.74) is 5.73.